The van der Waals surface area contributed by atoms with Crippen LogP contribution in [-0.4, -0.2) is 6.61 Å². The van der Waals surface area contributed by atoms with Crippen molar-refractivity contribution in [2.75, 3.05) is 6.61 Å². The molecule has 2 heterocycles. The third-order valence-corrected chi connectivity index (χ3v) is 3.35. The lowest BCUT2D eigenvalue weighted by atomic mass is 10.0. The van der Waals surface area contributed by atoms with Gasteiger partial charge in [-0.05, 0) is 23.3 Å². The van der Waals surface area contributed by atoms with E-state index in [1.54, 1.807) is 12.5 Å². The van der Waals surface area contributed by atoms with Crippen molar-refractivity contribution >= 4 is 11.6 Å². The molecule has 1 aromatic carbocycles. The largest absolute Gasteiger partial charge is 0.493 e. The number of fused-ring (bicyclic) bond motifs is 1. The zero-order valence-electron chi connectivity index (χ0n) is 8.65. The summed E-state index contributed by atoms with van der Waals surface area (Å²) >= 11 is 6.37. The molecule has 1 atom stereocenters. The lowest BCUT2D eigenvalue weighted by molar-refractivity contribution is 0.357. The molecule has 3 heteroatoms. The molecule has 3 rings (SSSR count). The smallest absolute Gasteiger partial charge is 0.122 e. The molecule has 1 aliphatic rings. The van der Waals surface area contributed by atoms with Crippen molar-refractivity contribution in [3.05, 3.63) is 53.5 Å². The molecular formula is C13H11ClO2. The lowest BCUT2D eigenvalue weighted by Crippen LogP contribution is -1.92. The van der Waals surface area contributed by atoms with Gasteiger partial charge in [0.15, 0.2) is 0 Å². The molecule has 1 aliphatic heterocycles. The fourth-order valence-electron chi connectivity index (χ4n) is 1.98. The van der Waals surface area contributed by atoms with E-state index in [0.717, 1.165) is 29.9 Å². The Kier molecular flexibility index (Phi) is 2.37. The molecule has 0 saturated carbocycles. The molecule has 2 aromatic rings. The number of furan rings is 1. The van der Waals surface area contributed by atoms with Crippen LogP contribution in [-0.2, 0) is 6.42 Å². The Morgan fingerprint density at radius 1 is 1.19 bits per heavy atom. The molecule has 1 aromatic heterocycles. The predicted octanol–water partition coefficient (Wildman–Crippen LogP) is 3.54. The SMILES string of the molecule is ClC(c1ccoc1)c1ccc2c(c1)CCO2. The van der Waals surface area contributed by atoms with Crippen molar-refractivity contribution < 1.29 is 9.15 Å². The van der Waals surface area contributed by atoms with E-state index in [0.29, 0.717) is 0 Å². The fourth-order valence-corrected chi connectivity index (χ4v) is 2.24. The number of alkyl halides is 1. The minimum atomic E-state index is -0.148. The Bertz CT molecular complexity index is 491. The summed E-state index contributed by atoms with van der Waals surface area (Å²) in [5.74, 6) is 0.986. The van der Waals surface area contributed by atoms with Crippen molar-refractivity contribution in [3.63, 3.8) is 0 Å². The van der Waals surface area contributed by atoms with Crippen LogP contribution in [0.3, 0.4) is 0 Å². The van der Waals surface area contributed by atoms with Crippen LogP contribution < -0.4 is 4.74 Å². The maximum absolute atomic E-state index is 6.37. The van der Waals surface area contributed by atoms with E-state index in [1.807, 2.05) is 18.2 Å². The van der Waals surface area contributed by atoms with Gasteiger partial charge in [0.2, 0.25) is 0 Å². The molecular weight excluding hydrogens is 224 g/mol. The normalized spacial score (nSPS) is 15.6. The topological polar surface area (TPSA) is 22.4 Å². The molecule has 0 radical (unpaired) electrons. The second kappa shape index (κ2) is 3.87. The van der Waals surface area contributed by atoms with Gasteiger partial charge in [-0.3, -0.25) is 0 Å². The van der Waals surface area contributed by atoms with Gasteiger partial charge in [0.25, 0.3) is 0 Å². The van der Waals surface area contributed by atoms with E-state index < -0.39 is 0 Å². The lowest BCUT2D eigenvalue weighted by Gasteiger charge is -2.08. The van der Waals surface area contributed by atoms with Crippen molar-refractivity contribution in [2.24, 2.45) is 0 Å². The van der Waals surface area contributed by atoms with Gasteiger partial charge in [0, 0.05) is 12.0 Å². The fraction of sp³-hybridized carbons (Fsp3) is 0.231. The van der Waals surface area contributed by atoms with Crippen molar-refractivity contribution in [3.8, 4) is 5.75 Å². The maximum atomic E-state index is 6.37. The molecule has 16 heavy (non-hydrogen) atoms. The standard InChI is InChI=1S/C13H11ClO2/c14-13(11-3-5-15-8-11)10-1-2-12-9(7-10)4-6-16-12/h1-3,5,7-8,13H,4,6H2. The van der Waals surface area contributed by atoms with E-state index in [4.69, 9.17) is 20.8 Å². The number of hydrogen-bond acceptors (Lipinski definition) is 2. The van der Waals surface area contributed by atoms with Crippen molar-refractivity contribution in [1.82, 2.24) is 0 Å². The number of hydrogen-bond donors (Lipinski definition) is 0. The maximum Gasteiger partial charge on any atom is 0.122 e. The Hall–Kier alpha value is -1.41. The van der Waals surface area contributed by atoms with Crippen molar-refractivity contribution in [1.29, 1.82) is 0 Å². The monoisotopic (exact) mass is 234 g/mol. The highest BCUT2D eigenvalue weighted by molar-refractivity contribution is 6.22. The van der Waals surface area contributed by atoms with Crippen LogP contribution >= 0.6 is 11.6 Å². The summed E-state index contributed by atoms with van der Waals surface area (Å²) in [6.45, 7) is 0.775. The van der Waals surface area contributed by atoms with E-state index in [2.05, 4.69) is 6.07 Å². The summed E-state index contributed by atoms with van der Waals surface area (Å²) in [4.78, 5) is 0. The van der Waals surface area contributed by atoms with Crippen LogP contribution in [0.4, 0.5) is 0 Å². The molecule has 1 unspecified atom stereocenters. The van der Waals surface area contributed by atoms with Gasteiger partial charge in [-0.15, -0.1) is 11.6 Å². The van der Waals surface area contributed by atoms with Gasteiger partial charge in [-0.25, -0.2) is 0 Å². The second-order valence-electron chi connectivity index (χ2n) is 3.88. The van der Waals surface area contributed by atoms with Gasteiger partial charge in [-0.1, -0.05) is 12.1 Å². The molecule has 0 aliphatic carbocycles. The molecule has 2 nitrogen and oxygen atoms in total. The first-order valence-corrected chi connectivity index (χ1v) is 5.70. The third-order valence-electron chi connectivity index (χ3n) is 2.84. The van der Waals surface area contributed by atoms with Crippen LogP contribution in [0.25, 0.3) is 0 Å². The molecule has 0 spiro atoms. The van der Waals surface area contributed by atoms with Gasteiger partial charge in [0.05, 0.1) is 24.5 Å². The Morgan fingerprint density at radius 3 is 2.94 bits per heavy atom. The zero-order chi connectivity index (χ0) is 11.0. The minimum absolute atomic E-state index is 0.148. The Balaban J connectivity index is 1.95. The molecule has 0 saturated heterocycles. The first kappa shape index (κ1) is 9.79. The van der Waals surface area contributed by atoms with Crippen LogP contribution in [0.2, 0.25) is 0 Å². The summed E-state index contributed by atoms with van der Waals surface area (Å²) in [6, 6.07) is 8.01. The quantitative estimate of drug-likeness (QED) is 0.742. The summed E-state index contributed by atoms with van der Waals surface area (Å²) in [5.41, 5.74) is 3.32. The van der Waals surface area contributed by atoms with E-state index >= 15 is 0 Å². The molecule has 0 fully saturated rings. The summed E-state index contributed by atoms with van der Waals surface area (Å²) in [5, 5.41) is -0.148. The van der Waals surface area contributed by atoms with Gasteiger partial charge in [0.1, 0.15) is 5.75 Å². The molecule has 0 amide bonds. The highest BCUT2D eigenvalue weighted by atomic mass is 35.5. The van der Waals surface area contributed by atoms with Crippen LogP contribution in [0.15, 0.2) is 41.2 Å². The zero-order valence-corrected chi connectivity index (χ0v) is 9.41. The van der Waals surface area contributed by atoms with Gasteiger partial charge >= 0.3 is 0 Å². The average molecular weight is 235 g/mol. The van der Waals surface area contributed by atoms with E-state index in [1.165, 1.54) is 5.56 Å². The minimum Gasteiger partial charge on any atom is -0.493 e. The predicted molar refractivity (Wildman–Crippen MR) is 62.0 cm³/mol. The third kappa shape index (κ3) is 1.59. The second-order valence-corrected chi connectivity index (χ2v) is 4.32. The first-order valence-electron chi connectivity index (χ1n) is 5.26. The molecule has 0 bridgehead atoms. The van der Waals surface area contributed by atoms with E-state index in [-0.39, 0.29) is 5.38 Å². The molecule has 82 valence electrons. The molecule has 0 N–H and O–H groups in total. The van der Waals surface area contributed by atoms with Gasteiger partial charge < -0.3 is 9.15 Å². The number of ether oxygens (including phenoxy) is 1. The van der Waals surface area contributed by atoms with E-state index in [9.17, 15) is 0 Å². The summed E-state index contributed by atoms with van der Waals surface area (Å²) in [7, 11) is 0. The van der Waals surface area contributed by atoms with Gasteiger partial charge in [-0.2, -0.15) is 0 Å². The van der Waals surface area contributed by atoms with Crippen LogP contribution in [0, 0.1) is 0 Å². The number of benzene rings is 1. The van der Waals surface area contributed by atoms with Crippen LogP contribution in [0.1, 0.15) is 22.1 Å². The summed E-state index contributed by atoms with van der Waals surface area (Å²) in [6.07, 6.45) is 4.29. The first-order chi connectivity index (χ1) is 7.84. The van der Waals surface area contributed by atoms with Crippen molar-refractivity contribution in [2.45, 2.75) is 11.8 Å². The highest BCUT2D eigenvalue weighted by Crippen LogP contribution is 2.33. The number of halogens is 1. The number of rotatable bonds is 2. The Labute approximate surface area is 98.8 Å². The van der Waals surface area contributed by atoms with Crippen LogP contribution in [0.5, 0.6) is 5.75 Å². The Morgan fingerprint density at radius 2 is 2.12 bits per heavy atom. The highest BCUT2D eigenvalue weighted by Gasteiger charge is 2.17. The average Bonchev–Trinajstić information content (AvgIpc) is 2.98. The summed E-state index contributed by atoms with van der Waals surface area (Å²) < 4.78 is 10.5.